The monoisotopic (exact) mass is 457 g/mol. The van der Waals surface area contributed by atoms with Gasteiger partial charge in [-0.2, -0.15) is 5.26 Å². The van der Waals surface area contributed by atoms with E-state index < -0.39 is 0 Å². The topological polar surface area (TPSA) is 56.6 Å². The lowest BCUT2D eigenvalue weighted by Crippen LogP contribution is -2.45. The highest BCUT2D eigenvalue weighted by Crippen LogP contribution is 2.48. The maximum atomic E-state index is 13.4. The van der Waals surface area contributed by atoms with Crippen molar-refractivity contribution in [2.75, 3.05) is 31.6 Å². The second-order valence-electron chi connectivity index (χ2n) is 10.4. The van der Waals surface area contributed by atoms with Crippen LogP contribution in [0.1, 0.15) is 68.1 Å². The summed E-state index contributed by atoms with van der Waals surface area (Å²) in [5, 5.41) is 9.04. The van der Waals surface area contributed by atoms with Crippen LogP contribution >= 0.6 is 0 Å². The lowest BCUT2D eigenvalue weighted by Gasteiger charge is -2.40. The van der Waals surface area contributed by atoms with E-state index in [4.69, 9.17) is 10.00 Å². The number of amides is 1. The van der Waals surface area contributed by atoms with E-state index in [1.165, 1.54) is 36.8 Å². The number of benzene rings is 2. The lowest BCUT2D eigenvalue weighted by atomic mass is 9.74. The van der Waals surface area contributed by atoms with Crippen molar-refractivity contribution in [3.63, 3.8) is 0 Å². The number of hydrogen-bond donors (Lipinski definition) is 0. The Bertz CT molecular complexity index is 1060. The average molecular weight is 458 g/mol. The number of likely N-dealkylation sites (tertiary alicyclic amines) is 1. The second-order valence-corrected chi connectivity index (χ2v) is 10.4. The van der Waals surface area contributed by atoms with E-state index in [1.54, 1.807) is 7.11 Å². The Morgan fingerprint density at radius 3 is 2.53 bits per heavy atom. The summed E-state index contributed by atoms with van der Waals surface area (Å²) in [6.45, 7) is 3.70. The fourth-order valence-electron chi connectivity index (χ4n) is 6.27. The van der Waals surface area contributed by atoms with E-state index in [9.17, 15) is 4.79 Å². The van der Waals surface area contributed by atoms with Crippen LogP contribution < -0.4 is 9.64 Å². The summed E-state index contributed by atoms with van der Waals surface area (Å²) in [7, 11) is 1.72. The van der Waals surface area contributed by atoms with Gasteiger partial charge >= 0.3 is 0 Å². The predicted octanol–water partition coefficient (Wildman–Crippen LogP) is 5.42. The third-order valence-electron chi connectivity index (χ3n) is 8.37. The zero-order valence-electron chi connectivity index (χ0n) is 20.3. The average Bonchev–Trinajstić information content (AvgIpc) is 3.51. The highest BCUT2D eigenvalue weighted by atomic mass is 16.5. The van der Waals surface area contributed by atoms with E-state index in [-0.39, 0.29) is 11.3 Å². The molecule has 5 rings (SSSR count). The molecular weight excluding hydrogens is 422 g/mol. The van der Waals surface area contributed by atoms with Crippen molar-refractivity contribution in [3.8, 4) is 11.8 Å². The van der Waals surface area contributed by atoms with Gasteiger partial charge in [0.15, 0.2) is 0 Å². The molecular formula is C29H35N3O2. The van der Waals surface area contributed by atoms with Crippen molar-refractivity contribution in [3.05, 3.63) is 59.2 Å². The summed E-state index contributed by atoms with van der Waals surface area (Å²) in [5.74, 6) is 1.90. The molecule has 2 aromatic rings. The highest BCUT2D eigenvalue weighted by Gasteiger charge is 2.46. The molecule has 2 fully saturated rings. The molecule has 0 unspecified atom stereocenters. The van der Waals surface area contributed by atoms with E-state index >= 15 is 0 Å². The molecule has 0 atom stereocenters. The number of anilines is 1. The summed E-state index contributed by atoms with van der Waals surface area (Å²) >= 11 is 0. The van der Waals surface area contributed by atoms with Crippen LogP contribution in [0.4, 0.5) is 5.69 Å². The molecule has 1 saturated carbocycles. The highest BCUT2D eigenvalue weighted by molar-refractivity contribution is 5.96. The third-order valence-corrected chi connectivity index (χ3v) is 8.37. The minimum Gasteiger partial charge on any atom is -0.497 e. The van der Waals surface area contributed by atoms with Gasteiger partial charge in [0, 0.05) is 30.6 Å². The molecule has 1 spiro atoms. The van der Waals surface area contributed by atoms with Crippen molar-refractivity contribution in [1.82, 2.24) is 4.90 Å². The van der Waals surface area contributed by atoms with Gasteiger partial charge in [-0.05, 0) is 79.7 Å². The minimum atomic E-state index is 0.00799. The summed E-state index contributed by atoms with van der Waals surface area (Å²) in [6, 6.07) is 16.4. The lowest BCUT2D eigenvalue weighted by molar-refractivity contribution is -0.119. The summed E-state index contributed by atoms with van der Waals surface area (Å²) in [5.41, 5.74) is 4.34. The van der Waals surface area contributed by atoms with Gasteiger partial charge in [-0.15, -0.1) is 0 Å². The Labute approximate surface area is 203 Å². The first kappa shape index (κ1) is 22.9. The van der Waals surface area contributed by atoms with Crippen molar-refractivity contribution in [2.24, 2.45) is 5.92 Å². The van der Waals surface area contributed by atoms with Crippen molar-refractivity contribution >= 4 is 11.6 Å². The first-order chi connectivity index (χ1) is 16.6. The summed E-state index contributed by atoms with van der Waals surface area (Å²) < 4.78 is 5.57. The molecule has 0 radical (unpaired) electrons. The van der Waals surface area contributed by atoms with Crippen LogP contribution in [0.25, 0.3) is 0 Å². The molecule has 1 amide bonds. The van der Waals surface area contributed by atoms with Gasteiger partial charge in [-0.3, -0.25) is 9.69 Å². The Morgan fingerprint density at radius 1 is 1.12 bits per heavy atom. The number of methoxy groups -OCH3 is 1. The van der Waals surface area contributed by atoms with Crippen molar-refractivity contribution in [1.29, 1.82) is 5.26 Å². The first-order valence-corrected chi connectivity index (χ1v) is 12.8. The molecule has 2 aromatic carbocycles. The van der Waals surface area contributed by atoms with Crippen LogP contribution in [0, 0.1) is 17.2 Å². The smallest absolute Gasteiger partial charge is 0.227 e. The van der Waals surface area contributed by atoms with Gasteiger partial charge < -0.3 is 9.64 Å². The molecule has 2 heterocycles. The zero-order valence-corrected chi connectivity index (χ0v) is 20.3. The van der Waals surface area contributed by atoms with Gasteiger partial charge in [-0.25, -0.2) is 0 Å². The molecule has 3 aliphatic rings. The van der Waals surface area contributed by atoms with E-state index in [0.29, 0.717) is 12.0 Å². The van der Waals surface area contributed by atoms with Gasteiger partial charge in [-0.1, -0.05) is 37.8 Å². The number of nitriles is 1. The van der Waals surface area contributed by atoms with Crippen molar-refractivity contribution < 1.29 is 9.53 Å². The van der Waals surface area contributed by atoms with E-state index in [0.717, 1.165) is 62.8 Å². The maximum Gasteiger partial charge on any atom is 0.227 e. The second kappa shape index (κ2) is 9.80. The first-order valence-electron chi connectivity index (χ1n) is 12.8. The Hall–Kier alpha value is -2.84. The van der Waals surface area contributed by atoms with Crippen LogP contribution in [0.3, 0.4) is 0 Å². The maximum absolute atomic E-state index is 13.4. The number of ether oxygens (including phenoxy) is 1. The number of rotatable bonds is 6. The number of carbonyl (C=O) groups is 1. The van der Waals surface area contributed by atoms with Gasteiger partial charge in [0.25, 0.3) is 0 Å². The fraction of sp³-hybridized carbons (Fsp3) is 0.517. The molecule has 1 aliphatic carbocycles. The van der Waals surface area contributed by atoms with E-state index in [1.807, 2.05) is 18.2 Å². The summed E-state index contributed by atoms with van der Waals surface area (Å²) in [4.78, 5) is 17.9. The van der Waals surface area contributed by atoms with Crippen LogP contribution in [-0.2, 0) is 16.8 Å². The molecule has 0 bridgehead atoms. The molecule has 34 heavy (non-hydrogen) atoms. The third kappa shape index (κ3) is 4.57. The molecule has 0 aromatic heterocycles. The molecule has 5 nitrogen and oxygen atoms in total. The zero-order chi connectivity index (χ0) is 23.5. The fourth-order valence-corrected chi connectivity index (χ4v) is 6.27. The quantitative estimate of drug-likeness (QED) is 0.581. The predicted molar refractivity (Wildman–Crippen MR) is 134 cm³/mol. The molecule has 2 aliphatic heterocycles. The molecule has 1 saturated heterocycles. The number of piperidine rings is 1. The van der Waals surface area contributed by atoms with Gasteiger partial charge in [0.1, 0.15) is 5.75 Å². The SMILES string of the molecule is COc1ccc2c(c1)C1(CCN(Cc3ccc(C#N)cc3)CC1)CN2C(=O)CCC1CCCC1. The van der Waals surface area contributed by atoms with Crippen LogP contribution in [-0.4, -0.2) is 37.6 Å². The Kier molecular flexibility index (Phi) is 6.61. The van der Waals surface area contributed by atoms with Crippen LogP contribution in [0.15, 0.2) is 42.5 Å². The standard InChI is InChI=1S/C29H35N3O2/c1-34-25-11-12-27-26(18-25)29(21-32(27)28(33)13-10-22-4-2-3-5-22)14-16-31(17-15-29)20-24-8-6-23(19-30)7-9-24/h6-9,11-12,18,22H,2-5,10,13-17,20-21H2,1H3. The van der Waals surface area contributed by atoms with Gasteiger partial charge in [0.05, 0.1) is 18.7 Å². The molecule has 178 valence electrons. The molecule has 5 heteroatoms. The number of carbonyl (C=O) groups excluding carboxylic acids is 1. The number of nitrogens with zero attached hydrogens (tertiary/aromatic N) is 3. The number of fused-ring (bicyclic) bond motifs is 2. The van der Waals surface area contributed by atoms with Crippen molar-refractivity contribution in [2.45, 2.75) is 63.3 Å². The number of hydrogen-bond acceptors (Lipinski definition) is 4. The van der Waals surface area contributed by atoms with Crippen LogP contribution in [0.5, 0.6) is 5.75 Å². The van der Waals surface area contributed by atoms with Crippen LogP contribution in [0.2, 0.25) is 0 Å². The van der Waals surface area contributed by atoms with E-state index in [2.05, 4.69) is 40.1 Å². The minimum absolute atomic E-state index is 0.00799. The summed E-state index contributed by atoms with van der Waals surface area (Å²) in [6.07, 6.45) is 9.01. The largest absolute Gasteiger partial charge is 0.497 e. The van der Waals surface area contributed by atoms with Gasteiger partial charge in [0.2, 0.25) is 5.91 Å². The Morgan fingerprint density at radius 2 is 1.85 bits per heavy atom. The Balaban J connectivity index is 1.29. The molecule has 0 N–H and O–H groups in total. The normalized spacial score (nSPS) is 19.8.